The van der Waals surface area contributed by atoms with Crippen molar-refractivity contribution < 1.29 is 0 Å². The Morgan fingerprint density at radius 1 is 1.06 bits per heavy atom. The van der Waals surface area contributed by atoms with Gasteiger partial charge >= 0.3 is 0 Å². The Balaban J connectivity index is 2.23. The first-order valence-corrected chi connectivity index (χ1v) is 4.82. The van der Waals surface area contributed by atoms with Crippen LogP contribution in [0.3, 0.4) is 0 Å². The summed E-state index contributed by atoms with van der Waals surface area (Å²) in [7, 11) is 5.74. The molecule has 2 rings (SSSR count). The van der Waals surface area contributed by atoms with Crippen LogP contribution in [0.15, 0.2) is 0 Å². The molecule has 0 radical (unpaired) electrons. The van der Waals surface area contributed by atoms with Crippen molar-refractivity contribution in [1.29, 1.82) is 0 Å². The Morgan fingerprint density at radius 2 is 1.75 bits per heavy atom. The van der Waals surface area contributed by atoms with Gasteiger partial charge in [-0.25, -0.2) is 9.36 Å². The quantitative estimate of drug-likeness (QED) is 0.618. The van der Waals surface area contributed by atoms with Gasteiger partial charge in [-0.1, -0.05) is 0 Å². The number of rotatable bonds is 4. The predicted molar refractivity (Wildman–Crippen MR) is 54.2 cm³/mol. The number of tetrazole rings is 2. The molecular formula is C7H13N9. The van der Waals surface area contributed by atoms with Gasteiger partial charge in [-0.15, -0.1) is 10.2 Å². The average Bonchev–Trinajstić information content (AvgIpc) is 2.82. The van der Waals surface area contributed by atoms with Crippen LogP contribution < -0.4 is 0 Å². The minimum atomic E-state index is 0.559. The van der Waals surface area contributed by atoms with Crippen LogP contribution in [-0.4, -0.2) is 66.0 Å². The highest BCUT2D eigenvalue weighted by molar-refractivity contribution is 5.40. The minimum absolute atomic E-state index is 0.559. The van der Waals surface area contributed by atoms with Gasteiger partial charge in [0.25, 0.3) is 0 Å². The molecule has 0 aliphatic carbocycles. The predicted octanol–water partition coefficient (Wildman–Crippen LogP) is -1.57. The van der Waals surface area contributed by atoms with Gasteiger partial charge in [0, 0.05) is 13.6 Å². The Bertz CT molecular complexity index is 456. The first-order chi connectivity index (χ1) is 7.68. The highest BCUT2D eigenvalue weighted by Crippen LogP contribution is 2.08. The van der Waals surface area contributed by atoms with Crippen molar-refractivity contribution in [3.05, 3.63) is 0 Å². The maximum atomic E-state index is 3.92. The van der Waals surface area contributed by atoms with Crippen LogP contribution in [0.2, 0.25) is 0 Å². The van der Waals surface area contributed by atoms with Crippen molar-refractivity contribution in [1.82, 2.24) is 45.3 Å². The molecule has 2 heterocycles. The van der Waals surface area contributed by atoms with Crippen LogP contribution in [0.25, 0.3) is 11.6 Å². The van der Waals surface area contributed by atoms with Crippen LogP contribution in [0.1, 0.15) is 0 Å². The molecule has 2 aromatic heterocycles. The zero-order valence-corrected chi connectivity index (χ0v) is 9.44. The summed E-state index contributed by atoms with van der Waals surface area (Å²) in [5.74, 6) is 1.14. The third kappa shape index (κ3) is 2.03. The number of hydrogen-bond donors (Lipinski definition) is 0. The van der Waals surface area contributed by atoms with Crippen molar-refractivity contribution in [2.24, 2.45) is 7.05 Å². The zero-order valence-electron chi connectivity index (χ0n) is 9.44. The van der Waals surface area contributed by atoms with Crippen molar-refractivity contribution >= 4 is 0 Å². The summed E-state index contributed by atoms with van der Waals surface area (Å²) in [4.78, 5) is 2.06. The second-order valence-electron chi connectivity index (χ2n) is 3.66. The van der Waals surface area contributed by atoms with Gasteiger partial charge in [0.2, 0.25) is 11.6 Å². The Morgan fingerprint density at radius 3 is 2.38 bits per heavy atom. The molecule has 0 aliphatic heterocycles. The number of likely N-dealkylation sites (N-methyl/N-ethyl adjacent to an activating group) is 1. The fourth-order valence-electron chi connectivity index (χ4n) is 1.23. The van der Waals surface area contributed by atoms with Crippen molar-refractivity contribution in [3.8, 4) is 11.6 Å². The van der Waals surface area contributed by atoms with Crippen molar-refractivity contribution in [2.75, 3.05) is 20.6 Å². The zero-order chi connectivity index (χ0) is 11.5. The summed E-state index contributed by atoms with van der Waals surface area (Å²) in [5, 5.41) is 22.6. The first kappa shape index (κ1) is 10.6. The van der Waals surface area contributed by atoms with Gasteiger partial charge in [0.15, 0.2) is 0 Å². The van der Waals surface area contributed by atoms with Gasteiger partial charge < -0.3 is 4.90 Å². The van der Waals surface area contributed by atoms with Crippen LogP contribution in [0.5, 0.6) is 0 Å². The molecule has 0 spiro atoms. The SMILES string of the molecule is CN(C)CCn1nnnc1-c1nnnn1C. The van der Waals surface area contributed by atoms with Gasteiger partial charge in [-0.2, -0.15) is 0 Å². The smallest absolute Gasteiger partial charge is 0.221 e. The van der Waals surface area contributed by atoms with E-state index in [0.717, 1.165) is 6.54 Å². The molecular weight excluding hydrogens is 210 g/mol. The highest BCUT2D eigenvalue weighted by Gasteiger charge is 2.14. The lowest BCUT2D eigenvalue weighted by Gasteiger charge is -2.09. The number of aromatic nitrogens is 8. The summed E-state index contributed by atoms with van der Waals surface area (Å²) in [6, 6.07) is 0. The van der Waals surface area contributed by atoms with E-state index in [1.54, 1.807) is 11.7 Å². The molecule has 16 heavy (non-hydrogen) atoms. The molecule has 0 fully saturated rings. The molecule has 0 N–H and O–H groups in total. The lowest BCUT2D eigenvalue weighted by Crippen LogP contribution is -2.20. The summed E-state index contributed by atoms with van der Waals surface area (Å²) >= 11 is 0. The molecule has 0 bridgehead atoms. The van der Waals surface area contributed by atoms with Crippen molar-refractivity contribution in [2.45, 2.75) is 6.54 Å². The van der Waals surface area contributed by atoms with E-state index in [1.165, 1.54) is 4.68 Å². The van der Waals surface area contributed by atoms with Gasteiger partial charge in [-0.3, -0.25) is 0 Å². The largest absolute Gasteiger partial charge is 0.308 e. The van der Waals surface area contributed by atoms with Crippen LogP contribution in [0.4, 0.5) is 0 Å². The Hall–Kier alpha value is -1.90. The molecule has 0 unspecified atom stereocenters. The average molecular weight is 223 g/mol. The third-order valence-electron chi connectivity index (χ3n) is 2.11. The van der Waals surface area contributed by atoms with Crippen LogP contribution in [-0.2, 0) is 13.6 Å². The summed E-state index contributed by atoms with van der Waals surface area (Å²) in [6.45, 7) is 1.55. The van der Waals surface area contributed by atoms with E-state index in [9.17, 15) is 0 Å². The second-order valence-corrected chi connectivity index (χ2v) is 3.66. The Labute approximate surface area is 92.0 Å². The van der Waals surface area contributed by atoms with Gasteiger partial charge in [0.05, 0.1) is 6.54 Å². The molecule has 0 saturated carbocycles. The van der Waals surface area contributed by atoms with Gasteiger partial charge in [0.1, 0.15) is 0 Å². The molecule has 9 heteroatoms. The van der Waals surface area contributed by atoms with E-state index in [1.807, 2.05) is 14.1 Å². The van der Waals surface area contributed by atoms with E-state index in [4.69, 9.17) is 0 Å². The summed E-state index contributed by atoms with van der Waals surface area (Å²) < 4.78 is 3.23. The van der Waals surface area contributed by atoms with E-state index in [2.05, 4.69) is 36.0 Å². The number of nitrogens with zero attached hydrogens (tertiary/aromatic N) is 9. The Kier molecular flexibility index (Phi) is 2.86. The lowest BCUT2D eigenvalue weighted by molar-refractivity contribution is 0.371. The second kappa shape index (κ2) is 4.31. The standard InChI is InChI=1S/C7H13N9/c1-14(2)4-5-16-7(9-11-13-16)6-8-10-12-15(6)3/h4-5H2,1-3H3. The summed E-state index contributed by atoms with van der Waals surface area (Å²) in [5.41, 5.74) is 0. The molecule has 86 valence electrons. The molecule has 0 aromatic carbocycles. The minimum Gasteiger partial charge on any atom is -0.308 e. The number of hydrogen-bond acceptors (Lipinski definition) is 7. The first-order valence-electron chi connectivity index (χ1n) is 4.82. The van der Waals surface area contributed by atoms with E-state index < -0.39 is 0 Å². The molecule has 0 atom stereocenters. The third-order valence-corrected chi connectivity index (χ3v) is 2.11. The van der Waals surface area contributed by atoms with Gasteiger partial charge in [-0.05, 0) is 34.9 Å². The maximum Gasteiger partial charge on any atom is 0.221 e. The molecule has 0 amide bonds. The van der Waals surface area contributed by atoms with E-state index in [0.29, 0.717) is 18.2 Å². The normalized spacial score (nSPS) is 11.2. The van der Waals surface area contributed by atoms with Crippen molar-refractivity contribution in [3.63, 3.8) is 0 Å². The monoisotopic (exact) mass is 223 g/mol. The maximum absolute atomic E-state index is 3.92. The topological polar surface area (TPSA) is 90.4 Å². The lowest BCUT2D eigenvalue weighted by atomic mass is 10.5. The number of aryl methyl sites for hydroxylation is 1. The molecule has 9 nitrogen and oxygen atoms in total. The van der Waals surface area contributed by atoms with E-state index >= 15 is 0 Å². The fourth-order valence-corrected chi connectivity index (χ4v) is 1.23. The van der Waals surface area contributed by atoms with Crippen LogP contribution in [0, 0.1) is 0 Å². The van der Waals surface area contributed by atoms with E-state index in [-0.39, 0.29) is 0 Å². The molecule has 0 saturated heterocycles. The highest BCUT2D eigenvalue weighted by atomic mass is 15.6. The molecule has 2 aromatic rings. The summed E-state index contributed by atoms with van der Waals surface area (Å²) in [6.07, 6.45) is 0. The molecule has 0 aliphatic rings. The van der Waals surface area contributed by atoms with Crippen LogP contribution >= 0.6 is 0 Å². The fraction of sp³-hybridized carbons (Fsp3) is 0.714.